The number of carbonyl (C=O) groups excluding carboxylic acids is 2. The third kappa shape index (κ3) is 4.25. The quantitative estimate of drug-likeness (QED) is 0.311. The number of benzene rings is 2. The van der Waals surface area contributed by atoms with Crippen molar-refractivity contribution in [2.45, 2.75) is 12.8 Å². The summed E-state index contributed by atoms with van der Waals surface area (Å²) in [4.78, 5) is 33.2. The van der Waals surface area contributed by atoms with Gasteiger partial charge in [-0.3, -0.25) is 4.79 Å². The number of para-hydroxylation sites is 1. The van der Waals surface area contributed by atoms with Gasteiger partial charge in [-0.25, -0.2) is 14.8 Å². The topological polar surface area (TPSA) is 91.5 Å². The Morgan fingerprint density at radius 3 is 2.58 bits per heavy atom. The first-order valence-electron chi connectivity index (χ1n) is 10.5. The third-order valence-electron chi connectivity index (χ3n) is 5.57. The van der Waals surface area contributed by atoms with E-state index in [-0.39, 0.29) is 23.3 Å². The fourth-order valence-electron chi connectivity index (χ4n) is 3.94. The Morgan fingerprint density at radius 1 is 0.939 bits per heavy atom. The monoisotopic (exact) mass is 440 g/mol. The van der Waals surface area contributed by atoms with E-state index < -0.39 is 5.97 Å². The number of rotatable bonds is 6. The normalized spacial score (nSPS) is 14.5. The third-order valence-corrected chi connectivity index (χ3v) is 5.57. The number of oxazole rings is 1. The van der Waals surface area contributed by atoms with Crippen LogP contribution in [0.1, 0.15) is 32.3 Å². The highest BCUT2D eigenvalue weighted by molar-refractivity contribution is 5.95. The van der Waals surface area contributed by atoms with E-state index in [0.717, 1.165) is 22.6 Å². The number of hydrogen-bond acceptors (Lipinski definition) is 7. The molecule has 1 atom stereocenters. The maximum absolute atomic E-state index is 13.1. The molecule has 33 heavy (non-hydrogen) atoms. The van der Waals surface area contributed by atoms with Crippen molar-refractivity contribution in [3.63, 3.8) is 0 Å². The molecule has 1 aliphatic rings. The molecule has 5 rings (SSSR count). The standard InChI is InChI=1S/C26H20N2O5/c1-31-26(30)22-9-5-8-21(28-22)23-15-27-25(33-23)24(29)18-12-16-10-11-20(14-17(16)13-18)32-19-6-3-2-4-7-19/h2-11,14-15,18H,12-13H2,1H3/t18-/m0/s1. The number of nitrogens with zero attached hydrogens (tertiary/aromatic N) is 2. The summed E-state index contributed by atoms with van der Waals surface area (Å²) in [7, 11) is 1.29. The molecule has 0 radical (unpaired) electrons. The Hall–Kier alpha value is -4.26. The smallest absolute Gasteiger partial charge is 0.356 e. The fraction of sp³-hybridized carbons (Fsp3) is 0.154. The van der Waals surface area contributed by atoms with Crippen molar-refractivity contribution >= 4 is 11.8 Å². The minimum atomic E-state index is -0.549. The Kier molecular flexibility index (Phi) is 5.44. The average molecular weight is 440 g/mol. The first kappa shape index (κ1) is 20.6. The molecule has 0 saturated heterocycles. The van der Waals surface area contributed by atoms with E-state index in [1.165, 1.54) is 13.3 Å². The Balaban J connectivity index is 1.30. The first-order chi connectivity index (χ1) is 16.1. The lowest BCUT2D eigenvalue weighted by Gasteiger charge is -2.07. The largest absolute Gasteiger partial charge is 0.464 e. The Bertz CT molecular complexity index is 1330. The lowest BCUT2D eigenvalue weighted by Crippen LogP contribution is -2.15. The molecule has 0 fully saturated rings. The van der Waals surface area contributed by atoms with Gasteiger partial charge in [0, 0.05) is 5.92 Å². The van der Waals surface area contributed by atoms with Crippen LogP contribution in [0.5, 0.6) is 11.5 Å². The number of esters is 1. The van der Waals surface area contributed by atoms with Gasteiger partial charge < -0.3 is 13.9 Å². The molecule has 7 nitrogen and oxygen atoms in total. The number of ether oxygens (including phenoxy) is 2. The van der Waals surface area contributed by atoms with Gasteiger partial charge in [-0.15, -0.1) is 0 Å². The summed E-state index contributed by atoms with van der Waals surface area (Å²) in [5.41, 5.74) is 2.76. The van der Waals surface area contributed by atoms with Gasteiger partial charge in [0.15, 0.2) is 5.76 Å². The lowest BCUT2D eigenvalue weighted by atomic mass is 10.0. The second-order valence-corrected chi connectivity index (χ2v) is 7.74. The number of Topliss-reactive ketones (excluding diaryl/α,β-unsaturated/α-hetero) is 1. The van der Waals surface area contributed by atoms with E-state index >= 15 is 0 Å². The van der Waals surface area contributed by atoms with Gasteiger partial charge in [0.2, 0.25) is 5.78 Å². The highest BCUT2D eigenvalue weighted by Crippen LogP contribution is 2.33. The fourth-order valence-corrected chi connectivity index (χ4v) is 3.94. The van der Waals surface area contributed by atoms with Crippen LogP contribution in [0.25, 0.3) is 11.5 Å². The second-order valence-electron chi connectivity index (χ2n) is 7.74. The summed E-state index contributed by atoms with van der Waals surface area (Å²) < 4.78 is 16.3. The van der Waals surface area contributed by atoms with Crippen LogP contribution in [0.3, 0.4) is 0 Å². The number of aromatic nitrogens is 2. The predicted octanol–water partition coefficient (Wildman–Crippen LogP) is 4.91. The van der Waals surface area contributed by atoms with E-state index in [2.05, 4.69) is 9.97 Å². The summed E-state index contributed by atoms with van der Waals surface area (Å²) in [5, 5.41) is 0. The van der Waals surface area contributed by atoms with E-state index in [0.29, 0.717) is 24.3 Å². The highest BCUT2D eigenvalue weighted by Gasteiger charge is 2.31. The van der Waals surface area contributed by atoms with Crippen molar-refractivity contribution in [2.24, 2.45) is 5.92 Å². The van der Waals surface area contributed by atoms with Crippen molar-refractivity contribution in [3.05, 3.63) is 95.6 Å². The summed E-state index contributed by atoms with van der Waals surface area (Å²) in [6.07, 6.45) is 2.66. The summed E-state index contributed by atoms with van der Waals surface area (Å²) in [6.45, 7) is 0. The van der Waals surface area contributed by atoms with Crippen LogP contribution in [0.2, 0.25) is 0 Å². The van der Waals surface area contributed by atoms with E-state index in [1.807, 2.05) is 48.5 Å². The molecule has 164 valence electrons. The molecule has 0 bridgehead atoms. The number of methoxy groups -OCH3 is 1. The molecular formula is C26H20N2O5. The molecule has 0 amide bonds. The summed E-state index contributed by atoms with van der Waals surface area (Å²) in [5.74, 6) is 0.891. The van der Waals surface area contributed by atoms with Crippen molar-refractivity contribution in [1.82, 2.24) is 9.97 Å². The first-order valence-corrected chi connectivity index (χ1v) is 10.5. The van der Waals surface area contributed by atoms with E-state index in [1.54, 1.807) is 18.2 Å². The Labute approximate surface area is 190 Å². The van der Waals surface area contributed by atoms with Crippen LogP contribution < -0.4 is 4.74 Å². The molecule has 0 unspecified atom stereocenters. The molecule has 2 aromatic heterocycles. The van der Waals surface area contributed by atoms with E-state index in [4.69, 9.17) is 13.9 Å². The van der Waals surface area contributed by atoms with Crippen molar-refractivity contribution < 1.29 is 23.5 Å². The zero-order valence-corrected chi connectivity index (χ0v) is 17.9. The highest BCUT2D eigenvalue weighted by atomic mass is 16.5. The van der Waals surface area contributed by atoms with Crippen LogP contribution in [0.15, 0.2) is 77.3 Å². The SMILES string of the molecule is COC(=O)c1cccc(-c2cnc(C(=O)[C@H]3Cc4ccc(Oc5ccccc5)cc4C3)o2)n1. The van der Waals surface area contributed by atoms with Crippen molar-refractivity contribution in [1.29, 1.82) is 0 Å². The van der Waals surface area contributed by atoms with Gasteiger partial charge in [-0.2, -0.15) is 0 Å². The number of pyridine rings is 1. The van der Waals surface area contributed by atoms with E-state index in [9.17, 15) is 9.59 Å². The minimum absolute atomic E-state index is 0.0360. The number of carbonyl (C=O) groups is 2. The molecule has 1 aliphatic carbocycles. The van der Waals surface area contributed by atoms with Crippen LogP contribution in [-0.2, 0) is 17.6 Å². The summed E-state index contributed by atoms with van der Waals surface area (Å²) in [6, 6.07) is 20.4. The predicted molar refractivity (Wildman–Crippen MR) is 119 cm³/mol. The maximum Gasteiger partial charge on any atom is 0.356 e. The molecule has 0 N–H and O–H groups in total. The van der Waals surface area contributed by atoms with Crippen LogP contribution >= 0.6 is 0 Å². The van der Waals surface area contributed by atoms with Crippen molar-refractivity contribution in [2.75, 3.05) is 7.11 Å². The van der Waals surface area contributed by atoms with Crippen molar-refractivity contribution in [3.8, 4) is 23.0 Å². The summed E-state index contributed by atoms with van der Waals surface area (Å²) >= 11 is 0. The number of fused-ring (bicyclic) bond motifs is 1. The average Bonchev–Trinajstić information content (AvgIpc) is 3.51. The zero-order valence-electron chi connectivity index (χ0n) is 17.9. The molecule has 7 heteroatoms. The van der Waals surface area contributed by atoms with Crippen LogP contribution in [0, 0.1) is 5.92 Å². The van der Waals surface area contributed by atoms with Gasteiger partial charge in [-0.05, 0) is 60.4 Å². The maximum atomic E-state index is 13.1. The molecule has 0 aliphatic heterocycles. The van der Waals surface area contributed by atoms with Gasteiger partial charge in [-0.1, -0.05) is 30.3 Å². The van der Waals surface area contributed by atoms with Gasteiger partial charge in [0.05, 0.1) is 13.3 Å². The second kappa shape index (κ2) is 8.70. The van der Waals surface area contributed by atoms with Crippen LogP contribution in [0.4, 0.5) is 0 Å². The molecule has 2 aromatic carbocycles. The number of ketones is 1. The van der Waals surface area contributed by atoms with Gasteiger partial charge in [0.1, 0.15) is 22.9 Å². The Morgan fingerprint density at radius 2 is 1.76 bits per heavy atom. The minimum Gasteiger partial charge on any atom is -0.464 e. The van der Waals surface area contributed by atoms with Gasteiger partial charge >= 0.3 is 5.97 Å². The molecular weight excluding hydrogens is 420 g/mol. The molecule has 2 heterocycles. The zero-order chi connectivity index (χ0) is 22.8. The van der Waals surface area contributed by atoms with Crippen LogP contribution in [-0.4, -0.2) is 28.8 Å². The molecule has 0 saturated carbocycles. The number of hydrogen-bond donors (Lipinski definition) is 0. The lowest BCUT2D eigenvalue weighted by molar-refractivity contribution is 0.0594. The molecule has 4 aromatic rings. The molecule has 0 spiro atoms. The van der Waals surface area contributed by atoms with Gasteiger partial charge in [0.25, 0.3) is 5.89 Å².